The number of alkyl halides is 3. The Morgan fingerprint density at radius 3 is 2.75 bits per heavy atom. The maximum Gasteiger partial charge on any atom is 0.417 e. The SMILES string of the molecule is NC(=O)n1nc(-c2ccc(Cl)c(C(F)(F)F)c2)c2c1NCCCC2. The maximum atomic E-state index is 13.1. The van der Waals surface area contributed by atoms with Gasteiger partial charge in [0.2, 0.25) is 0 Å². The summed E-state index contributed by atoms with van der Waals surface area (Å²) in [7, 11) is 0. The molecule has 0 fully saturated rings. The fraction of sp³-hybridized carbons (Fsp3) is 0.333. The van der Waals surface area contributed by atoms with Gasteiger partial charge in [0, 0.05) is 17.7 Å². The van der Waals surface area contributed by atoms with Crippen LogP contribution >= 0.6 is 11.6 Å². The molecule has 0 saturated heterocycles. The molecule has 2 aromatic rings. The Morgan fingerprint density at radius 1 is 1.33 bits per heavy atom. The van der Waals surface area contributed by atoms with E-state index >= 15 is 0 Å². The first-order valence-electron chi connectivity index (χ1n) is 7.31. The molecule has 5 nitrogen and oxygen atoms in total. The number of nitrogens with one attached hydrogen (secondary N) is 1. The zero-order chi connectivity index (χ0) is 17.5. The van der Waals surface area contributed by atoms with Crippen LogP contribution in [0, 0.1) is 0 Å². The van der Waals surface area contributed by atoms with Crippen LogP contribution in [-0.2, 0) is 12.6 Å². The highest BCUT2D eigenvalue weighted by atomic mass is 35.5. The van der Waals surface area contributed by atoms with Gasteiger partial charge in [0.15, 0.2) is 0 Å². The summed E-state index contributed by atoms with van der Waals surface area (Å²) in [5, 5.41) is 6.81. The van der Waals surface area contributed by atoms with Crippen molar-refractivity contribution in [3.63, 3.8) is 0 Å². The second kappa shape index (κ2) is 6.01. The molecular weight excluding hydrogens is 345 g/mol. The Hall–Kier alpha value is -2.22. The van der Waals surface area contributed by atoms with Gasteiger partial charge in [-0.15, -0.1) is 0 Å². The third-order valence-corrected chi connectivity index (χ3v) is 4.21. The normalized spacial score (nSPS) is 14.7. The molecule has 1 aromatic carbocycles. The predicted molar refractivity (Wildman–Crippen MR) is 84.1 cm³/mol. The molecule has 24 heavy (non-hydrogen) atoms. The monoisotopic (exact) mass is 358 g/mol. The van der Waals surface area contributed by atoms with E-state index in [-0.39, 0.29) is 10.6 Å². The number of nitrogens with zero attached hydrogens (tertiary/aromatic N) is 2. The van der Waals surface area contributed by atoms with Gasteiger partial charge in [-0.25, -0.2) is 4.79 Å². The Labute approximate surface area is 140 Å². The van der Waals surface area contributed by atoms with Crippen molar-refractivity contribution >= 4 is 23.4 Å². The smallest absolute Gasteiger partial charge is 0.370 e. The average Bonchev–Trinajstić information content (AvgIpc) is 2.69. The van der Waals surface area contributed by atoms with Gasteiger partial charge in [-0.3, -0.25) is 0 Å². The van der Waals surface area contributed by atoms with Gasteiger partial charge < -0.3 is 11.1 Å². The fourth-order valence-corrected chi connectivity index (χ4v) is 3.01. The number of nitrogens with two attached hydrogens (primary N) is 1. The van der Waals surface area contributed by atoms with Crippen LogP contribution in [0.25, 0.3) is 11.3 Å². The van der Waals surface area contributed by atoms with Gasteiger partial charge in [-0.1, -0.05) is 17.7 Å². The minimum absolute atomic E-state index is 0.242. The van der Waals surface area contributed by atoms with Crippen LogP contribution in [0.5, 0.6) is 0 Å². The highest BCUT2D eigenvalue weighted by Crippen LogP contribution is 2.39. The van der Waals surface area contributed by atoms with E-state index in [0.29, 0.717) is 30.0 Å². The number of aromatic nitrogens is 2. The summed E-state index contributed by atoms with van der Waals surface area (Å²) in [6, 6.07) is 2.79. The van der Waals surface area contributed by atoms with Crippen LogP contribution in [0.4, 0.5) is 23.8 Å². The first-order chi connectivity index (χ1) is 11.3. The lowest BCUT2D eigenvalue weighted by Crippen LogP contribution is -2.23. The van der Waals surface area contributed by atoms with Crippen molar-refractivity contribution in [2.24, 2.45) is 5.73 Å². The molecule has 0 radical (unpaired) electrons. The molecule has 3 N–H and O–H groups in total. The van der Waals surface area contributed by atoms with Crippen molar-refractivity contribution in [3.8, 4) is 11.3 Å². The molecule has 1 amide bonds. The van der Waals surface area contributed by atoms with Crippen LogP contribution in [0.15, 0.2) is 18.2 Å². The molecule has 2 heterocycles. The van der Waals surface area contributed by atoms with Crippen molar-refractivity contribution in [2.75, 3.05) is 11.9 Å². The van der Waals surface area contributed by atoms with Crippen LogP contribution < -0.4 is 11.1 Å². The second-order valence-electron chi connectivity index (χ2n) is 5.50. The van der Waals surface area contributed by atoms with Gasteiger partial charge in [0.25, 0.3) is 0 Å². The quantitative estimate of drug-likeness (QED) is 0.812. The van der Waals surface area contributed by atoms with Crippen molar-refractivity contribution < 1.29 is 18.0 Å². The Kier molecular flexibility index (Phi) is 4.16. The molecule has 0 aliphatic carbocycles. The number of anilines is 1. The Morgan fingerprint density at radius 2 is 2.08 bits per heavy atom. The van der Waals surface area contributed by atoms with E-state index in [2.05, 4.69) is 10.4 Å². The van der Waals surface area contributed by atoms with Crippen molar-refractivity contribution in [3.05, 3.63) is 34.3 Å². The number of amides is 1. The van der Waals surface area contributed by atoms with Crippen LogP contribution in [0.3, 0.4) is 0 Å². The molecule has 9 heteroatoms. The van der Waals surface area contributed by atoms with Crippen LogP contribution in [0.1, 0.15) is 24.0 Å². The van der Waals surface area contributed by atoms with E-state index in [9.17, 15) is 18.0 Å². The summed E-state index contributed by atoms with van der Waals surface area (Å²) >= 11 is 5.66. The fourth-order valence-electron chi connectivity index (χ4n) is 2.78. The number of rotatable bonds is 1. The minimum atomic E-state index is -4.57. The zero-order valence-electron chi connectivity index (χ0n) is 12.5. The largest absolute Gasteiger partial charge is 0.417 e. The first kappa shape index (κ1) is 16.6. The molecule has 0 saturated carbocycles. The molecule has 1 aliphatic heterocycles. The number of benzene rings is 1. The number of fused-ring (bicyclic) bond motifs is 1. The van der Waals surface area contributed by atoms with E-state index in [1.165, 1.54) is 12.1 Å². The molecular formula is C15H14ClF3N4O. The molecule has 0 atom stereocenters. The van der Waals surface area contributed by atoms with Gasteiger partial charge in [0.1, 0.15) is 5.82 Å². The topological polar surface area (TPSA) is 72.9 Å². The van der Waals surface area contributed by atoms with Crippen molar-refractivity contribution in [1.29, 1.82) is 0 Å². The molecule has 0 spiro atoms. The van der Waals surface area contributed by atoms with Gasteiger partial charge >= 0.3 is 12.2 Å². The standard InChI is InChI=1S/C15H14ClF3N4O/c16-11-5-4-8(7-10(11)15(17,18)19)12-9-3-1-2-6-21-13(9)23(22-12)14(20)24/h4-5,7,21H,1-3,6H2,(H2,20,24). The van der Waals surface area contributed by atoms with E-state index in [4.69, 9.17) is 17.3 Å². The van der Waals surface area contributed by atoms with Gasteiger partial charge in [-0.2, -0.15) is 23.0 Å². The summed E-state index contributed by atoms with van der Waals surface area (Å²) < 4.78 is 40.3. The lowest BCUT2D eigenvalue weighted by molar-refractivity contribution is -0.137. The number of hydrogen-bond acceptors (Lipinski definition) is 3. The summed E-state index contributed by atoms with van der Waals surface area (Å²) in [6.07, 6.45) is -2.28. The van der Waals surface area contributed by atoms with Crippen LogP contribution in [0.2, 0.25) is 5.02 Å². The highest BCUT2D eigenvalue weighted by molar-refractivity contribution is 6.31. The first-order valence-corrected chi connectivity index (χ1v) is 7.69. The molecule has 128 valence electrons. The van der Waals surface area contributed by atoms with Crippen molar-refractivity contribution in [1.82, 2.24) is 9.78 Å². The highest BCUT2D eigenvalue weighted by Gasteiger charge is 2.34. The molecule has 0 unspecified atom stereocenters. The summed E-state index contributed by atoms with van der Waals surface area (Å²) in [4.78, 5) is 11.6. The lowest BCUT2D eigenvalue weighted by Gasteiger charge is -2.10. The second-order valence-corrected chi connectivity index (χ2v) is 5.91. The van der Waals surface area contributed by atoms with Crippen molar-refractivity contribution in [2.45, 2.75) is 25.4 Å². The van der Waals surface area contributed by atoms with E-state index in [1.54, 1.807) is 0 Å². The molecule has 1 aromatic heterocycles. The van der Waals surface area contributed by atoms with Gasteiger partial charge in [-0.05, 0) is 31.4 Å². The lowest BCUT2D eigenvalue weighted by atomic mass is 10.0. The Bertz CT molecular complexity index is 801. The third kappa shape index (κ3) is 2.93. The number of halogens is 4. The molecule has 3 rings (SSSR count). The summed E-state index contributed by atoms with van der Waals surface area (Å²) in [5.74, 6) is 0.443. The van der Waals surface area contributed by atoms with Gasteiger partial charge in [0.05, 0.1) is 16.3 Å². The summed E-state index contributed by atoms with van der Waals surface area (Å²) in [6.45, 7) is 0.639. The predicted octanol–water partition coefficient (Wildman–Crippen LogP) is 3.90. The van der Waals surface area contributed by atoms with E-state index < -0.39 is 17.8 Å². The number of carbonyl (C=O) groups excluding carboxylic acids is 1. The molecule has 0 bridgehead atoms. The van der Waals surface area contributed by atoms with E-state index in [1.807, 2.05) is 0 Å². The summed E-state index contributed by atoms with van der Waals surface area (Å²) in [5.41, 5.74) is 5.62. The average molecular weight is 359 g/mol. The molecule has 1 aliphatic rings. The number of carbonyl (C=O) groups is 1. The van der Waals surface area contributed by atoms with Crippen LogP contribution in [-0.4, -0.2) is 22.4 Å². The number of primary amides is 1. The zero-order valence-corrected chi connectivity index (χ0v) is 13.2. The number of hydrogen-bond donors (Lipinski definition) is 2. The third-order valence-electron chi connectivity index (χ3n) is 3.88. The minimum Gasteiger partial charge on any atom is -0.370 e. The van der Waals surface area contributed by atoms with E-state index in [0.717, 1.165) is 23.6 Å². The maximum absolute atomic E-state index is 13.1. The Balaban J connectivity index is 2.18.